The number of unbranched alkanes of at least 4 members (excludes halogenated alkanes) is 2. The Labute approximate surface area is 95.0 Å². The van der Waals surface area contributed by atoms with Gasteiger partial charge in [-0.1, -0.05) is 20.3 Å². The van der Waals surface area contributed by atoms with Gasteiger partial charge in [0.15, 0.2) is 0 Å². The molecule has 92 valence electrons. The van der Waals surface area contributed by atoms with Gasteiger partial charge in [-0.25, -0.2) is 0 Å². The van der Waals surface area contributed by atoms with Crippen molar-refractivity contribution in [3.8, 4) is 0 Å². The summed E-state index contributed by atoms with van der Waals surface area (Å²) in [6, 6.07) is 0. The van der Waals surface area contributed by atoms with Gasteiger partial charge in [-0.2, -0.15) is 0 Å². The monoisotopic (exact) mass is 215 g/mol. The predicted octanol–water partition coefficient (Wildman–Crippen LogP) is 1.33. The molecule has 15 heavy (non-hydrogen) atoms. The maximum Gasteiger partial charge on any atom is -0.00230 e. The van der Waals surface area contributed by atoms with Gasteiger partial charge >= 0.3 is 0 Å². The standard InChI is InChI=1S/C12H29N3/c1-11(9-14)8-12(2)10-15-7-5-3-4-6-13/h11-12,15H,3-10,13-14H2,1-2H3. The molecule has 0 fully saturated rings. The Bertz CT molecular complexity index is 128. The van der Waals surface area contributed by atoms with Crippen LogP contribution >= 0.6 is 0 Å². The molecule has 0 aromatic rings. The van der Waals surface area contributed by atoms with E-state index in [1.807, 2.05) is 0 Å². The van der Waals surface area contributed by atoms with Crippen LogP contribution in [0, 0.1) is 11.8 Å². The van der Waals surface area contributed by atoms with E-state index >= 15 is 0 Å². The van der Waals surface area contributed by atoms with Crippen molar-refractivity contribution in [1.29, 1.82) is 0 Å². The Hall–Kier alpha value is -0.120. The molecule has 0 aliphatic heterocycles. The van der Waals surface area contributed by atoms with E-state index in [2.05, 4.69) is 19.2 Å². The summed E-state index contributed by atoms with van der Waals surface area (Å²) in [5.74, 6) is 1.39. The van der Waals surface area contributed by atoms with Crippen LogP contribution in [-0.4, -0.2) is 26.2 Å². The third-order valence-corrected chi connectivity index (χ3v) is 2.76. The number of rotatable bonds is 10. The van der Waals surface area contributed by atoms with Gasteiger partial charge in [-0.3, -0.25) is 0 Å². The van der Waals surface area contributed by atoms with Crippen molar-refractivity contribution in [2.24, 2.45) is 23.3 Å². The van der Waals surface area contributed by atoms with Crippen LogP contribution in [0.4, 0.5) is 0 Å². The van der Waals surface area contributed by atoms with Crippen molar-refractivity contribution in [3.63, 3.8) is 0 Å². The highest BCUT2D eigenvalue weighted by atomic mass is 14.8. The van der Waals surface area contributed by atoms with Crippen molar-refractivity contribution < 1.29 is 0 Å². The largest absolute Gasteiger partial charge is 0.330 e. The summed E-state index contributed by atoms with van der Waals surface area (Å²) in [5, 5.41) is 3.49. The molecule has 0 amide bonds. The van der Waals surface area contributed by atoms with Crippen LogP contribution in [0.1, 0.15) is 39.5 Å². The summed E-state index contributed by atoms with van der Waals surface area (Å²) in [7, 11) is 0. The van der Waals surface area contributed by atoms with Crippen LogP contribution in [-0.2, 0) is 0 Å². The number of nitrogens with two attached hydrogens (primary N) is 2. The van der Waals surface area contributed by atoms with E-state index in [4.69, 9.17) is 11.5 Å². The van der Waals surface area contributed by atoms with E-state index < -0.39 is 0 Å². The van der Waals surface area contributed by atoms with Crippen LogP contribution in [0.25, 0.3) is 0 Å². The van der Waals surface area contributed by atoms with Crippen molar-refractivity contribution in [1.82, 2.24) is 5.32 Å². The first kappa shape index (κ1) is 14.9. The van der Waals surface area contributed by atoms with Gasteiger partial charge in [0.2, 0.25) is 0 Å². The molecule has 0 aromatic carbocycles. The molecule has 0 heterocycles. The Morgan fingerprint density at radius 3 is 2.33 bits per heavy atom. The third kappa shape index (κ3) is 10.2. The number of hydrogen-bond acceptors (Lipinski definition) is 3. The topological polar surface area (TPSA) is 64.1 Å². The summed E-state index contributed by atoms with van der Waals surface area (Å²) < 4.78 is 0. The first-order valence-electron chi connectivity index (χ1n) is 6.31. The third-order valence-electron chi connectivity index (χ3n) is 2.76. The lowest BCUT2D eigenvalue weighted by atomic mass is 9.97. The van der Waals surface area contributed by atoms with E-state index in [9.17, 15) is 0 Å². The lowest BCUT2D eigenvalue weighted by Crippen LogP contribution is -2.25. The molecule has 0 aliphatic carbocycles. The highest BCUT2D eigenvalue weighted by Crippen LogP contribution is 2.09. The molecule has 0 saturated carbocycles. The molecule has 0 radical (unpaired) electrons. The molecule has 0 bridgehead atoms. The number of hydrogen-bond donors (Lipinski definition) is 3. The van der Waals surface area contributed by atoms with E-state index in [-0.39, 0.29) is 0 Å². The first-order valence-corrected chi connectivity index (χ1v) is 6.31. The van der Waals surface area contributed by atoms with Crippen molar-refractivity contribution in [2.45, 2.75) is 39.5 Å². The fourth-order valence-corrected chi connectivity index (χ4v) is 1.79. The Morgan fingerprint density at radius 1 is 1.00 bits per heavy atom. The van der Waals surface area contributed by atoms with Crippen molar-refractivity contribution in [2.75, 3.05) is 26.2 Å². The molecule has 0 saturated heterocycles. The Balaban J connectivity index is 3.20. The second-order valence-electron chi connectivity index (χ2n) is 4.74. The molecular weight excluding hydrogens is 186 g/mol. The van der Waals surface area contributed by atoms with Crippen LogP contribution in [0.5, 0.6) is 0 Å². The van der Waals surface area contributed by atoms with E-state index in [1.54, 1.807) is 0 Å². The Kier molecular flexibility index (Phi) is 10.3. The van der Waals surface area contributed by atoms with Gasteiger partial charge in [-0.05, 0) is 57.3 Å². The molecule has 0 aromatic heterocycles. The zero-order valence-electron chi connectivity index (χ0n) is 10.5. The molecule has 0 rings (SSSR count). The SMILES string of the molecule is CC(CN)CC(C)CNCCCCCN. The second-order valence-corrected chi connectivity index (χ2v) is 4.74. The van der Waals surface area contributed by atoms with Gasteiger partial charge in [0.05, 0.1) is 0 Å². The zero-order valence-corrected chi connectivity index (χ0v) is 10.5. The average molecular weight is 215 g/mol. The molecule has 2 unspecified atom stereocenters. The van der Waals surface area contributed by atoms with Gasteiger partial charge < -0.3 is 16.8 Å². The highest BCUT2D eigenvalue weighted by Gasteiger charge is 2.06. The van der Waals surface area contributed by atoms with Crippen LogP contribution in [0.15, 0.2) is 0 Å². The van der Waals surface area contributed by atoms with E-state index in [1.165, 1.54) is 19.3 Å². The molecule has 3 heteroatoms. The summed E-state index contributed by atoms with van der Waals surface area (Å²) in [5.41, 5.74) is 11.0. The summed E-state index contributed by atoms with van der Waals surface area (Å²) in [6.45, 7) is 8.39. The lowest BCUT2D eigenvalue weighted by molar-refractivity contribution is 0.398. The van der Waals surface area contributed by atoms with Gasteiger partial charge in [-0.15, -0.1) is 0 Å². The number of nitrogens with one attached hydrogen (secondary N) is 1. The Morgan fingerprint density at radius 2 is 1.73 bits per heavy atom. The molecule has 0 aliphatic rings. The van der Waals surface area contributed by atoms with Crippen LogP contribution < -0.4 is 16.8 Å². The highest BCUT2D eigenvalue weighted by molar-refractivity contribution is 4.62. The average Bonchev–Trinajstić information content (AvgIpc) is 2.23. The van der Waals surface area contributed by atoms with Gasteiger partial charge in [0.1, 0.15) is 0 Å². The van der Waals surface area contributed by atoms with Gasteiger partial charge in [0.25, 0.3) is 0 Å². The van der Waals surface area contributed by atoms with Crippen molar-refractivity contribution in [3.05, 3.63) is 0 Å². The normalized spacial score (nSPS) is 15.2. The van der Waals surface area contributed by atoms with Gasteiger partial charge in [0, 0.05) is 0 Å². The fraction of sp³-hybridized carbons (Fsp3) is 1.00. The van der Waals surface area contributed by atoms with E-state index in [0.717, 1.165) is 38.5 Å². The summed E-state index contributed by atoms with van der Waals surface area (Å²) in [6.07, 6.45) is 4.88. The van der Waals surface area contributed by atoms with Crippen LogP contribution in [0.2, 0.25) is 0 Å². The quantitative estimate of drug-likeness (QED) is 0.482. The second kappa shape index (κ2) is 10.4. The predicted molar refractivity (Wildman–Crippen MR) is 67.8 cm³/mol. The maximum absolute atomic E-state index is 5.60. The molecule has 2 atom stereocenters. The first-order chi connectivity index (χ1) is 7.20. The molecule has 3 nitrogen and oxygen atoms in total. The summed E-state index contributed by atoms with van der Waals surface area (Å²) in [4.78, 5) is 0. The smallest absolute Gasteiger partial charge is 0.00230 e. The minimum Gasteiger partial charge on any atom is -0.330 e. The molecular formula is C12H29N3. The fourth-order valence-electron chi connectivity index (χ4n) is 1.79. The maximum atomic E-state index is 5.60. The minimum absolute atomic E-state index is 0.652. The molecule has 0 spiro atoms. The van der Waals surface area contributed by atoms with Crippen LogP contribution in [0.3, 0.4) is 0 Å². The molecule has 5 N–H and O–H groups in total. The zero-order chi connectivity index (χ0) is 11.5. The van der Waals surface area contributed by atoms with Crippen molar-refractivity contribution >= 4 is 0 Å². The lowest BCUT2D eigenvalue weighted by Gasteiger charge is -2.16. The minimum atomic E-state index is 0.652. The summed E-state index contributed by atoms with van der Waals surface area (Å²) >= 11 is 0. The van der Waals surface area contributed by atoms with E-state index in [0.29, 0.717) is 5.92 Å².